The third kappa shape index (κ3) is 1.97. The molecule has 2 rings (SSSR count). The van der Waals surface area contributed by atoms with E-state index < -0.39 is 0 Å². The molecule has 3 nitrogen and oxygen atoms in total. The third-order valence-electron chi connectivity index (χ3n) is 2.39. The first-order valence-corrected chi connectivity index (χ1v) is 4.97. The van der Waals surface area contributed by atoms with Gasteiger partial charge in [0.05, 0.1) is 0 Å². The quantitative estimate of drug-likeness (QED) is 0.770. The first-order valence-electron chi connectivity index (χ1n) is 4.97. The van der Waals surface area contributed by atoms with E-state index in [1.807, 2.05) is 25.1 Å². The molecular formula is C12H15NO2. The topological polar surface area (TPSA) is 44.5 Å². The van der Waals surface area contributed by atoms with Crippen molar-refractivity contribution < 1.29 is 9.47 Å². The van der Waals surface area contributed by atoms with E-state index in [0.717, 1.165) is 29.1 Å². The average Bonchev–Trinajstić information content (AvgIpc) is 2.63. The van der Waals surface area contributed by atoms with E-state index in [4.69, 9.17) is 15.2 Å². The van der Waals surface area contributed by atoms with E-state index in [1.165, 1.54) is 0 Å². The Balaban J connectivity index is 2.28. The van der Waals surface area contributed by atoms with Gasteiger partial charge in [0, 0.05) is 11.6 Å². The normalized spacial score (nSPS) is 15.1. The zero-order chi connectivity index (χ0) is 10.8. The summed E-state index contributed by atoms with van der Waals surface area (Å²) in [7, 11) is 0. The lowest BCUT2D eigenvalue weighted by Crippen LogP contribution is -2.11. The lowest BCUT2D eigenvalue weighted by molar-refractivity contribution is 0.173. The minimum absolute atomic E-state index is 0.0702. The van der Waals surface area contributed by atoms with Gasteiger partial charge in [-0.1, -0.05) is 17.7 Å². The van der Waals surface area contributed by atoms with Gasteiger partial charge < -0.3 is 15.2 Å². The molecule has 1 aliphatic rings. The number of nitrogens with two attached hydrogens (primary N) is 1. The Labute approximate surface area is 89.5 Å². The van der Waals surface area contributed by atoms with Gasteiger partial charge in [-0.3, -0.25) is 0 Å². The SMILES string of the molecule is C=C(C)C[C@@H](N)c1cccc2c1OCO2. The molecule has 15 heavy (non-hydrogen) atoms. The van der Waals surface area contributed by atoms with Crippen molar-refractivity contribution in [2.24, 2.45) is 5.73 Å². The summed E-state index contributed by atoms with van der Waals surface area (Å²) in [5.41, 5.74) is 8.13. The second-order valence-electron chi connectivity index (χ2n) is 3.85. The van der Waals surface area contributed by atoms with Crippen LogP contribution in [0, 0.1) is 0 Å². The molecule has 1 aromatic rings. The van der Waals surface area contributed by atoms with Crippen molar-refractivity contribution in [1.29, 1.82) is 0 Å². The van der Waals surface area contributed by atoms with Crippen LogP contribution in [-0.4, -0.2) is 6.79 Å². The number of para-hydroxylation sites is 1. The van der Waals surface area contributed by atoms with Crippen molar-refractivity contribution in [1.82, 2.24) is 0 Å². The summed E-state index contributed by atoms with van der Waals surface area (Å²) in [6, 6.07) is 5.72. The fraction of sp³-hybridized carbons (Fsp3) is 0.333. The van der Waals surface area contributed by atoms with Crippen molar-refractivity contribution in [3.63, 3.8) is 0 Å². The Morgan fingerprint density at radius 3 is 3.07 bits per heavy atom. The van der Waals surface area contributed by atoms with Gasteiger partial charge in [0.15, 0.2) is 11.5 Å². The van der Waals surface area contributed by atoms with Crippen molar-refractivity contribution in [2.75, 3.05) is 6.79 Å². The molecule has 2 N–H and O–H groups in total. The first kappa shape index (κ1) is 10.1. The smallest absolute Gasteiger partial charge is 0.231 e. The molecule has 0 bridgehead atoms. The monoisotopic (exact) mass is 205 g/mol. The second-order valence-corrected chi connectivity index (χ2v) is 3.85. The largest absolute Gasteiger partial charge is 0.454 e. The highest BCUT2D eigenvalue weighted by molar-refractivity contribution is 5.49. The van der Waals surface area contributed by atoms with E-state index in [9.17, 15) is 0 Å². The van der Waals surface area contributed by atoms with Crippen LogP contribution in [0.3, 0.4) is 0 Å². The summed E-state index contributed by atoms with van der Waals surface area (Å²) in [6.45, 7) is 6.12. The average molecular weight is 205 g/mol. The molecule has 0 saturated heterocycles. The van der Waals surface area contributed by atoms with Gasteiger partial charge in [-0.05, 0) is 19.4 Å². The Bertz CT molecular complexity index is 387. The first-order chi connectivity index (χ1) is 7.18. The summed E-state index contributed by atoms with van der Waals surface area (Å²) in [5, 5.41) is 0. The number of benzene rings is 1. The van der Waals surface area contributed by atoms with E-state index in [0.29, 0.717) is 0 Å². The zero-order valence-corrected chi connectivity index (χ0v) is 8.82. The molecule has 1 atom stereocenters. The molecule has 0 spiro atoms. The minimum atomic E-state index is -0.0702. The van der Waals surface area contributed by atoms with E-state index in [-0.39, 0.29) is 12.8 Å². The molecule has 0 saturated carbocycles. The van der Waals surface area contributed by atoms with Crippen LogP contribution in [0.4, 0.5) is 0 Å². The molecule has 80 valence electrons. The highest BCUT2D eigenvalue weighted by atomic mass is 16.7. The van der Waals surface area contributed by atoms with Crippen LogP contribution in [0.15, 0.2) is 30.4 Å². The molecule has 1 aromatic carbocycles. The Morgan fingerprint density at radius 2 is 2.33 bits per heavy atom. The maximum atomic E-state index is 6.07. The standard InChI is InChI=1S/C12H15NO2/c1-8(2)6-10(13)9-4-3-5-11-12(9)15-7-14-11/h3-5,10H,1,6-7,13H2,2H3/t10-/m1/s1. The fourth-order valence-electron chi connectivity index (χ4n) is 1.73. The number of hydrogen-bond acceptors (Lipinski definition) is 3. The van der Waals surface area contributed by atoms with Crippen LogP contribution in [0.2, 0.25) is 0 Å². The maximum Gasteiger partial charge on any atom is 0.231 e. The van der Waals surface area contributed by atoms with Gasteiger partial charge in [0.1, 0.15) is 0 Å². The van der Waals surface area contributed by atoms with Gasteiger partial charge in [-0.15, -0.1) is 6.58 Å². The Hall–Kier alpha value is -1.48. The van der Waals surface area contributed by atoms with Crippen LogP contribution in [0.25, 0.3) is 0 Å². The van der Waals surface area contributed by atoms with Crippen molar-refractivity contribution in [2.45, 2.75) is 19.4 Å². The minimum Gasteiger partial charge on any atom is -0.454 e. The number of rotatable bonds is 3. The van der Waals surface area contributed by atoms with Crippen molar-refractivity contribution in [3.8, 4) is 11.5 Å². The molecule has 0 fully saturated rings. The summed E-state index contributed by atoms with van der Waals surface area (Å²) < 4.78 is 10.7. The van der Waals surface area contributed by atoms with Gasteiger partial charge in [-0.25, -0.2) is 0 Å². The van der Waals surface area contributed by atoms with Crippen molar-refractivity contribution >= 4 is 0 Å². The number of ether oxygens (including phenoxy) is 2. The number of hydrogen-bond donors (Lipinski definition) is 1. The second kappa shape index (κ2) is 3.95. The van der Waals surface area contributed by atoms with Crippen LogP contribution < -0.4 is 15.2 Å². The van der Waals surface area contributed by atoms with Gasteiger partial charge in [0.2, 0.25) is 6.79 Å². The summed E-state index contributed by atoms with van der Waals surface area (Å²) in [5.74, 6) is 1.57. The summed E-state index contributed by atoms with van der Waals surface area (Å²) in [6.07, 6.45) is 0.764. The zero-order valence-electron chi connectivity index (χ0n) is 8.82. The van der Waals surface area contributed by atoms with Crippen LogP contribution in [0.1, 0.15) is 24.9 Å². The summed E-state index contributed by atoms with van der Waals surface area (Å²) >= 11 is 0. The molecule has 0 aliphatic carbocycles. The number of fused-ring (bicyclic) bond motifs is 1. The molecule has 1 heterocycles. The van der Waals surface area contributed by atoms with E-state index >= 15 is 0 Å². The molecule has 3 heteroatoms. The van der Waals surface area contributed by atoms with Gasteiger partial charge in [-0.2, -0.15) is 0 Å². The van der Waals surface area contributed by atoms with Gasteiger partial charge >= 0.3 is 0 Å². The molecule has 0 radical (unpaired) electrons. The van der Waals surface area contributed by atoms with Crippen LogP contribution in [-0.2, 0) is 0 Å². The predicted molar refractivity (Wildman–Crippen MR) is 58.9 cm³/mol. The third-order valence-corrected chi connectivity index (χ3v) is 2.39. The molecular weight excluding hydrogens is 190 g/mol. The lowest BCUT2D eigenvalue weighted by Gasteiger charge is -2.13. The molecule has 0 aromatic heterocycles. The van der Waals surface area contributed by atoms with Crippen molar-refractivity contribution in [3.05, 3.63) is 35.9 Å². The summed E-state index contributed by atoms with van der Waals surface area (Å²) in [4.78, 5) is 0. The molecule has 1 aliphatic heterocycles. The Kier molecular flexibility index (Phi) is 2.64. The van der Waals surface area contributed by atoms with Gasteiger partial charge in [0.25, 0.3) is 0 Å². The maximum absolute atomic E-state index is 6.07. The fourth-order valence-corrected chi connectivity index (χ4v) is 1.73. The molecule has 0 amide bonds. The Morgan fingerprint density at radius 1 is 1.53 bits per heavy atom. The van der Waals surface area contributed by atoms with E-state index in [1.54, 1.807) is 0 Å². The van der Waals surface area contributed by atoms with Crippen LogP contribution in [0.5, 0.6) is 11.5 Å². The van der Waals surface area contributed by atoms with Crippen LogP contribution >= 0.6 is 0 Å². The lowest BCUT2D eigenvalue weighted by atomic mass is 10.00. The highest BCUT2D eigenvalue weighted by Crippen LogP contribution is 2.38. The predicted octanol–water partition coefficient (Wildman–Crippen LogP) is 2.38. The van der Waals surface area contributed by atoms with E-state index in [2.05, 4.69) is 6.58 Å². The molecule has 0 unspecified atom stereocenters. The highest BCUT2D eigenvalue weighted by Gasteiger charge is 2.20.